The van der Waals surface area contributed by atoms with Crippen LogP contribution in [-0.4, -0.2) is 21.2 Å². The number of hydrogen-bond donors (Lipinski definition) is 1. The zero-order valence-corrected chi connectivity index (χ0v) is 6.78. The number of nitrogens with zero attached hydrogens (tertiary/aromatic N) is 2. The molecule has 3 nitrogen and oxygen atoms in total. The molecule has 1 unspecified atom stereocenters. The largest absolute Gasteiger partial charge is 0.393 e. The quantitative estimate of drug-likeness (QED) is 0.678. The normalized spacial score (nSPS) is 13.0. The highest BCUT2D eigenvalue weighted by molar-refractivity contribution is 5.06. The fraction of sp³-hybridized carbons (Fsp3) is 0.500. The lowest BCUT2D eigenvalue weighted by atomic mass is 10.2. The van der Waals surface area contributed by atoms with E-state index in [1.807, 2.05) is 13.0 Å². The second-order valence-corrected chi connectivity index (χ2v) is 2.70. The Kier molecular flexibility index (Phi) is 2.54. The Morgan fingerprint density at radius 1 is 1.55 bits per heavy atom. The first-order valence-electron chi connectivity index (χ1n) is 3.64. The molecule has 1 aromatic heterocycles. The van der Waals surface area contributed by atoms with Gasteiger partial charge < -0.3 is 5.11 Å². The summed E-state index contributed by atoms with van der Waals surface area (Å²) in [5.74, 6) is 0. The third kappa shape index (κ3) is 2.63. The molecular weight excluding hydrogens is 140 g/mol. The number of rotatable bonds is 2. The van der Waals surface area contributed by atoms with Gasteiger partial charge >= 0.3 is 0 Å². The van der Waals surface area contributed by atoms with Gasteiger partial charge in [-0.25, -0.2) is 9.97 Å². The molecule has 0 aliphatic heterocycles. The van der Waals surface area contributed by atoms with Crippen molar-refractivity contribution in [2.24, 2.45) is 0 Å². The maximum Gasteiger partial charge on any atom is 0.115 e. The number of aliphatic hydroxyl groups is 1. The van der Waals surface area contributed by atoms with Gasteiger partial charge in [0.1, 0.15) is 6.33 Å². The van der Waals surface area contributed by atoms with Crippen molar-refractivity contribution in [3.05, 3.63) is 23.8 Å². The third-order valence-corrected chi connectivity index (χ3v) is 1.36. The topological polar surface area (TPSA) is 46.0 Å². The van der Waals surface area contributed by atoms with Crippen LogP contribution >= 0.6 is 0 Å². The van der Waals surface area contributed by atoms with Gasteiger partial charge in [0.15, 0.2) is 0 Å². The second kappa shape index (κ2) is 3.44. The Hall–Kier alpha value is -0.960. The highest BCUT2D eigenvalue weighted by atomic mass is 16.3. The lowest BCUT2D eigenvalue weighted by Gasteiger charge is -2.02. The number of hydrogen-bond acceptors (Lipinski definition) is 3. The van der Waals surface area contributed by atoms with Gasteiger partial charge in [-0.3, -0.25) is 0 Å². The molecule has 0 aliphatic rings. The number of aromatic nitrogens is 2. The zero-order valence-electron chi connectivity index (χ0n) is 6.78. The summed E-state index contributed by atoms with van der Waals surface area (Å²) >= 11 is 0. The van der Waals surface area contributed by atoms with Crippen molar-refractivity contribution >= 4 is 0 Å². The van der Waals surface area contributed by atoms with E-state index in [-0.39, 0.29) is 6.10 Å². The van der Waals surface area contributed by atoms with Crippen LogP contribution in [0.2, 0.25) is 0 Å². The van der Waals surface area contributed by atoms with Crippen LogP contribution < -0.4 is 0 Å². The standard InChI is InChI=1S/C8H12N2O/c1-6-3-8(4-7(2)11)10-5-9-6/h3,5,7,11H,4H2,1-2H3. The van der Waals surface area contributed by atoms with Crippen molar-refractivity contribution < 1.29 is 5.11 Å². The van der Waals surface area contributed by atoms with Gasteiger partial charge in [0, 0.05) is 17.8 Å². The van der Waals surface area contributed by atoms with Gasteiger partial charge in [0.05, 0.1) is 6.10 Å². The maximum atomic E-state index is 9.04. The van der Waals surface area contributed by atoms with E-state index in [1.165, 1.54) is 6.33 Å². The van der Waals surface area contributed by atoms with Gasteiger partial charge in [-0.2, -0.15) is 0 Å². The monoisotopic (exact) mass is 152 g/mol. The molecule has 0 saturated carbocycles. The van der Waals surface area contributed by atoms with Crippen LogP contribution in [0.25, 0.3) is 0 Å². The van der Waals surface area contributed by atoms with Crippen LogP contribution in [0.5, 0.6) is 0 Å². The third-order valence-electron chi connectivity index (χ3n) is 1.36. The summed E-state index contributed by atoms with van der Waals surface area (Å²) in [5.41, 5.74) is 1.84. The summed E-state index contributed by atoms with van der Waals surface area (Å²) in [6.07, 6.45) is 1.79. The van der Waals surface area contributed by atoms with Crippen molar-refractivity contribution in [2.75, 3.05) is 0 Å². The predicted molar refractivity (Wildman–Crippen MR) is 42.2 cm³/mol. The molecule has 1 heterocycles. The summed E-state index contributed by atoms with van der Waals surface area (Å²) < 4.78 is 0. The molecular formula is C8H12N2O. The fourth-order valence-corrected chi connectivity index (χ4v) is 0.924. The van der Waals surface area contributed by atoms with Crippen LogP contribution in [0.3, 0.4) is 0 Å². The van der Waals surface area contributed by atoms with Gasteiger partial charge in [-0.15, -0.1) is 0 Å². The van der Waals surface area contributed by atoms with Crippen LogP contribution in [0, 0.1) is 6.92 Å². The molecule has 0 amide bonds. The van der Waals surface area contributed by atoms with E-state index in [9.17, 15) is 0 Å². The molecule has 0 aromatic carbocycles. The van der Waals surface area contributed by atoms with Crippen LogP contribution in [0.15, 0.2) is 12.4 Å². The zero-order chi connectivity index (χ0) is 8.27. The Morgan fingerprint density at radius 2 is 2.27 bits per heavy atom. The molecule has 0 saturated heterocycles. The SMILES string of the molecule is Cc1cc(CC(C)O)ncn1. The number of aliphatic hydroxyl groups excluding tert-OH is 1. The van der Waals surface area contributed by atoms with Crippen LogP contribution in [0.4, 0.5) is 0 Å². The molecule has 0 fully saturated rings. The summed E-state index contributed by atoms with van der Waals surface area (Å²) in [6.45, 7) is 3.66. The first-order chi connectivity index (χ1) is 5.18. The summed E-state index contributed by atoms with van der Waals surface area (Å²) in [5, 5.41) is 9.04. The molecule has 0 aliphatic carbocycles. The average molecular weight is 152 g/mol. The minimum atomic E-state index is -0.329. The van der Waals surface area contributed by atoms with E-state index in [1.54, 1.807) is 6.92 Å². The molecule has 0 radical (unpaired) electrons. The minimum Gasteiger partial charge on any atom is -0.393 e. The summed E-state index contributed by atoms with van der Waals surface area (Å²) in [4.78, 5) is 7.96. The number of aryl methyl sites for hydroxylation is 1. The second-order valence-electron chi connectivity index (χ2n) is 2.70. The van der Waals surface area contributed by atoms with Gasteiger partial charge in [0.2, 0.25) is 0 Å². The molecule has 0 bridgehead atoms. The van der Waals surface area contributed by atoms with E-state index < -0.39 is 0 Å². The van der Waals surface area contributed by atoms with Crippen LogP contribution in [-0.2, 0) is 6.42 Å². The lowest BCUT2D eigenvalue weighted by Crippen LogP contribution is -2.06. The first-order valence-corrected chi connectivity index (χ1v) is 3.64. The van der Waals surface area contributed by atoms with E-state index in [4.69, 9.17) is 5.11 Å². The summed E-state index contributed by atoms with van der Waals surface area (Å²) in [7, 11) is 0. The summed E-state index contributed by atoms with van der Waals surface area (Å²) in [6, 6.07) is 1.88. The molecule has 3 heteroatoms. The average Bonchev–Trinajstić information content (AvgIpc) is 1.85. The maximum absolute atomic E-state index is 9.04. The van der Waals surface area contributed by atoms with Crippen molar-refractivity contribution in [3.63, 3.8) is 0 Å². The van der Waals surface area contributed by atoms with Gasteiger partial charge in [0.25, 0.3) is 0 Å². The Bertz CT molecular complexity index is 235. The van der Waals surface area contributed by atoms with Crippen molar-refractivity contribution in [3.8, 4) is 0 Å². The van der Waals surface area contributed by atoms with Crippen molar-refractivity contribution in [1.82, 2.24) is 9.97 Å². The Morgan fingerprint density at radius 3 is 2.82 bits per heavy atom. The van der Waals surface area contributed by atoms with Gasteiger partial charge in [-0.05, 0) is 19.9 Å². The van der Waals surface area contributed by atoms with Gasteiger partial charge in [-0.1, -0.05) is 0 Å². The van der Waals surface area contributed by atoms with E-state index in [0.29, 0.717) is 6.42 Å². The molecule has 1 rings (SSSR count). The fourth-order valence-electron chi connectivity index (χ4n) is 0.924. The molecule has 0 spiro atoms. The Balaban J connectivity index is 2.71. The molecule has 1 N–H and O–H groups in total. The Labute approximate surface area is 66.1 Å². The smallest absolute Gasteiger partial charge is 0.115 e. The molecule has 60 valence electrons. The van der Waals surface area contributed by atoms with Crippen LogP contribution in [0.1, 0.15) is 18.3 Å². The predicted octanol–water partition coefficient (Wildman–Crippen LogP) is 0.708. The lowest BCUT2D eigenvalue weighted by molar-refractivity contribution is 0.194. The van der Waals surface area contributed by atoms with Crippen molar-refractivity contribution in [2.45, 2.75) is 26.4 Å². The first kappa shape index (κ1) is 8.14. The van der Waals surface area contributed by atoms with E-state index in [0.717, 1.165) is 11.4 Å². The molecule has 1 atom stereocenters. The highest BCUT2D eigenvalue weighted by Gasteiger charge is 1.99. The van der Waals surface area contributed by atoms with Crippen molar-refractivity contribution in [1.29, 1.82) is 0 Å². The van der Waals surface area contributed by atoms with E-state index >= 15 is 0 Å². The molecule has 11 heavy (non-hydrogen) atoms. The van der Waals surface area contributed by atoms with E-state index in [2.05, 4.69) is 9.97 Å². The minimum absolute atomic E-state index is 0.329. The molecule has 1 aromatic rings. The highest BCUT2D eigenvalue weighted by Crippen LogP contribution is 1.99.